The summed E-state index contributed by atoms with van der Waals surface area (Å²) >= 11 is 0. The van der Waals surface area contributed by atoms with Crippen molar-refractivity contribution in [3.8, 4) is 0 Å². The first-order valence-corrected chi connectivity index (χ1v) is 4.05. The number of aliphatic imine (C=N–C) groups is 1. The molecular weight excluding hydrogens is 146 g/mol. The Balaban J connectivity index is 2.70. The van der Waals surface area contributed by atoms with Crippen molar-refractivity contribution in [3.63, 3.8) is 0 Å². The van der Waals surface area contributed by atoms with Crippen LogP contribution in [0.2, 0.25) is 0 Å². The van der Waals surface area contributed by atoms with Gasteiger partial charge in [0.25, 0.3) is 0 Å². The molecule has 0 heterocycles. The summed E-state index contributed by atoms with van der Waals surface area (Å²) in [5.74, 6) is 0. The maximum Gasteiger partial charge on any atom is 0.0629 e. The zero-order valence-corrected chi connectivity index (χ0v) is 7.49. The first-order valence-electron chi connectivity index (χ1n) is 4.05. The third-order valence-corrected chi connectivity index (χ3v) is 1.54. The van der Waals surface area contributed by atoms with Crippen LogP contribution < -0.4 is 0 Å². The highest BCUT2D eigenvalue weighted by Crippen LogP contribution is 2.11. The van der Waals surface area contributed by atoms with E-state index in [1.54, 1.807) is 6.21 Å². The van der Waals surface area contributed by atoms with Crippen LogP contribution in [0.1, 0.15) is 12.5 Å². The number of hydrogen-bond acceptors (Lipinski definition) is 1. The molecular formula is C11H13N. The predicted molar refractivity (Wildman–Crippen MR) is 54.1 cm³/mol. The molecule has 0 unspecified atom stereocenters. The Morgan fingerprint density at radius 3 is 2.42 bits per heavy atom. The van der Waals surface area contributed by atoms with Crippen LogP contribution in [-0.4, -0.2) is 6.21 Å². The van der Waals surface area contributed by atoms with E-state index in [4.69, 9.17) is 0 Å². The summed E-state index contributed by atoms with van der Waals surface area (Å²) in [6, 6.07) is 8.13. The van der Waals surface area contributed by atoms with E-state index in [1.807, 2.05) is 31.2 Å². The summed E-state index contributed by atoms with van der Waals surface area (Å²) in [5.41, 5.74) is 2.26. The van der Waals surface area contributed by atoms with E-state index >= 15 is 0 Å². The largest absolute Gasteiger partial charge is 0.257 e. The van der Waals surface area contributed by atoms with Gasteiger partial charge in [-0.2, -0.15) is 0 Å². The van der Waals surface area contributed by atoms with Crippen LogP contribution >= 0.6 is 0 Å². The summed E-state index contributed by atoms with van der Waals surface area (Å²) in [6.45, 7) is 4.04. The lowest BCUT2D eigenvalue weighted by atomic mass is 10.2. The molecule has 0 radical (unpaired) electrons. The Labute approximate surface area is 73.5 Å². The van der Waals surface area contributed by atoms with Gasteiger partial charge in [0, 0.05) is 6.21 Å². The fraction of sp³-hybridized carbons (Fsp3) is 0.182. The van der Waals surface area contributed by atoms with E-state index in [2.05, 4.69) is 24.0 Å². The van der Waals surface area contributed by atoms with Crippen LogP contribution in [0.5, 0.6) is 0 Å². The van der Waals surface area contributed by atoms with Crippen molar-refractivity contribution in [3.05, 3.63) is 42.0 Å². The number of hydrogen-bond donors (Lipinski definition) is 0. The van der Waals surface area contributed by atoms with Crippen molar-refractivity contribution < 1.29 is 0 Å². The van der Waals surface area contributed by atoms with Gasteiger partial charge in [-0.25, -0.2) is 0 Å². The van der Waals surface area contributed by atoms with E-state index in [0.717, 1.165) is 5.69 Å². The maximum absolute atomic E-state index is 4.23. The van der Waals surface area contributed by atoms with Gasteiger partial charge in [-0.1, -0.05) is 23.8 Å². The highest BCUT2D eigenvalue weighted by atomic mass is 14.7. The molecule has 12 heavy (non-hydrogen) atoms. The highest BCUT2D eigenvalue weighted by molar-refractivity contribution is 5.74. The van der Waals surface area contributed by atoms with Crippen molar-refractivity contribution in [1.29, 1.82) is 0 Å². The van der Waals surface area contributed by atoms with Crippen molar-refractivity contribution in [2.45, 2.75) is 13.8 Å². The van der Waals surface area contributed by atoms with Crippen LogP contribution in [0.25, 0.3) is 0 Å². The van der Waals surface area contributed by atoms with Crippen molar-refractivity contribution >= 4 is 11.9 Å². The fourth-order valence-electron chi connectivity index (χ4n) is 0.846. The summed E-state index contributed by atoms with van der Waals surface area (Å²) in [6.07, 6.45) is 5.67. The van der Waals surface area contributed by atoms with Crippen molar-refractivity contribution in [2.75, 3.05) is 0 Å². The molecule has 1 aromatic rings. The van der Waals surface area contributed by atoms with Crippen molar-refractivity contribution in [1.82, 2.24) is 0 Å². The van der Waals surface area contributed by atoms with Gasteiger partial charge in [-0.3, -0.25) is 4.99 Å². The van der Waals surface area contributed by atoms with E-state index < -0.39 is 0 Å². The third kappa shape index (κ3) is 2.70. The van der Waals surface area contributed by atoms with Crippen LogP contribution in [0.3, 0.4) is 0 Å². The molecule has 1 rings (SSSR count). The summed E-state index contributed by atoms with van der Waals surface area (Å²) < 4.78 is 0. The van der Waals surface area contributed by atoms with Crippen LogP contribution in [0, 0.1) is 6.92 Å². The molecule has 62 valence electrons. The topological polar surface area (TPSA) is 12.4 Å². The number of rotatable bonds is 2. The molecule has 0 bridgehead atoms. The standard InChI is InChI=1S/C11H13N/c1-3-4-9-12-11-7-5-10(2)6-8-11/h3-9H,1-2H3. The molecule has 0 spiro atoms. The van der Waals surface area contributed by atoms with Gasteiger partial charge in [0.05, 0.1) is 5.69 Å². The number of nitrogens with zero attached hydrogens (tertiary/aromatic N) is 1. The molecule has 1 nitrogen and oxygen atoms in total. The Morgan fingerprint density at radius 1 is 1.17 bits per heavy atom. The molecule has 0 saturated heterocycles. The molecule has 1 heteroatoms. The lowest BCUT2D eigenvalue weighted by Gasteiger charge is -1.92. The zero-order chi connectivity index (χ0) is 8.81. The molecule has 0 atom stereocenters. The quantitative estimate of drug-likeness (QED) is 0.587. The second-order valence-electron chi connectivity index (χ2n) is 2.64. The minimum atomic E-state index is 0.999. The monoisotopic (exact) mass is 159 g/mol. The molecule has 0 fully saturated rings. The Morgan fingerprint density at radius 2 is 1.83 bits per heavy atom. The molecule has 0 N–H and O–H groups in total. The van der Waals surface area contributed by atoms with Gasteiger partial charge in [0.1, 0.15) is 0 Å². The van der Waals surface area contributed by atoms with Gasteiger partial charge in [-0.05, 0) is 32.1 Å². The molecule has 0 aliphatic carbocycles. The first kappa shape index (κ1) is 8.72. The Bertz CT molecular complexity index is 280. The molecule has 0 aliphatic heterocycles. The lowest BCUT2D eigenvalue weighted by molar-refractivity contribution is 1.44. The smallest absolute Gasteiger partial charge is 0.0629 e. The summed E-state index contributed by atoms with van der Waals surface area (Å²) in [5, 5.41) is 0. The average Bonchev–Trinajstić information content (AvgIpc) is 2.09. The summed E-state index contributed by atoms with van der Waals surface area (Å²) in [4.78, 5) is 4.23. The fourth-order valence-corrected chi connectivity index (χ4v) is 0.846. The van der Waals surface area contributed by atoms with E-state index in [0.29, 0.717) is 0 Å². The zero-order valence-electron chi connectivity index (χ0n) is 7.49. The van der Waals surface area contributed by atoms with Gasteiger partial charge >= 0.3 is 0 Å². The third-order valence-electron chi connectivity index (χ3n) is 1.54. The molecule has 1 aromatic carbocycles. The van der Waals surface area contributed by atoms with E-state index in [9.17, 15) is 0 Å². The van der Waals surface area contributed by atoms with Crippen LogP contribution in [0.15, 0.2) is 41.4 Å². The van der Waals surface area contributed by atoms with Gasteiger partial charge in [0.2, 0.25) is 0 Å². The van der Waals surface area contributed by atoms with E-state index in [-0.39, 0.29) is 0 Å². The van der Waals surface area contributed by atoms with Gasteiger partial charge < -0.3 is 0 Å². The molecule has 0 saturated carbocycles. The minimum absolute atomic E-state index is 0.999. The average molecular weight is 159 g/mol. The maximum atomic E-state index is 4.23. The molecule has 0 aromatic heterocycles. The number of benzene rings is 1. The second kappa shape index (κ2) is 4.50. The first-order chi connectivity index (χ1) is 5.83. The molecule has 0 aliphatic rings. The highest BCUT2D eigenvalue weighted by Gasteiger charge is 1.84. The van der Waals surface area contributed by atoms with Crippen LogP contribution in [-0.2, 0) is 0 Å². The summed E-state index contributed by atoms with van der Waals surface area (Å²) in [7, 11) is 0. The normalized spacial score (nSPS) is 11.5. The van der Waals surface area contributed by atoms with Gasteiger partial charge in [-0.15, -0.1) is 0 Å². The number of allylic oxidation sites excluding steroid dienone is 2. The SMILES string of the molecule is CC=CC=Nc1ccc(C)cc1. The minimum Gasteiger partial charge on any atom is -0.257 e. The van der Waals surface area contributed by atoms with E-state index in [1.165, 1.54) is 5.56 Å². The Kier molecular flexibility index (Phi) is 3.27. The van der Waals surface area contributed by atoms with Gasteiger partial charge in [0.15, 0.2) is 0 Å². The second-order valence-corrected chi connectivity index (χ2v) is 2.64. The predicted octanol–water partition coefficient (Wildman–Crippen LogP) is 3.27. The molecule has 0 amide bonds. The van der Waals surface area contributed by atoms with Crippen molar-refractivity contribution in [2.24, 2.45) is 4.99 Å². The Hall–Kier alpha value is -1.37. The van der Waals surface area contributed by atoms with Crippen LogP contribution in [0.4, 0.5) is 5.69 Å². The number of aryl methyl sites for hydroxylation is 1. The lowest BCUT2D eigenvalue weighted by Crippen LogP contribution is -1.69.